The third-order valence-corrected chi connectivity index (χ3v) is 9.74. The third kappa shape index (κ3) is 3.05. The molecule has 2 heteroatoms. The number of fused-ring (bicyclic) bond motifs is 5. The highest BCUT2D eigenvalue weighted by Gasteiger charge is 2.59. The zero-order valence-electron chi connectivity index (χ0n) is 18.9. The van der Waals surface area contributed by atoms with Crippen LogP contribution in [0.2, 0.25) is 0 Å². The number of ketones is 2. The lowest BCUT2D eigenvalue weighted by atomic mass is 9.46. The van der Waals surface area contributed by atoms with E-state index >= 15 is 0 Å². The van der Waals surface area contributed by atoms with E-state index in [4.69, 9.17) is 0 Å². The van der Waals surface area contributed by atoms with Crippen LogP contribution in [0, 0.1) is 41.4 Å². The fourth-order valence-electron chi connectivity index (χ4n) is 7.86. The molecule has 2 nitrogen and oxygen atoms in total. The molecule has 30 heavy (non-hydrogen) atoms. The fourth-order valence-corrected chi connectivity index (χ4v) is 7.86. The van der Waals surface area contributed by atoms with E-state index in [1.54, 1.807) is 0 Å². The maximum absolute atomic E-state index is 13.0. The number of rotatable bonds is 3. The van der Waals surface area contributed by atoms with E-state index < -0.39 is 0 Å². The Balaban J connectivity index is 1.36. The van der Waals surface area contributed by atoms with E-state index in [1.165, 1.54) is 23.1 Å². The predicted octanol–water partition coefficient (Wildman–Crippen LogP) is 6.25. The van der Waals surface area contributed by atoms with Crippen molar-refractivity contribution in [3.63, 3.8) is 0 Å². The van der Waals surface area contributed by atoms with Crippen LogP contribution in [0.4, 0.5) is 0 Å². The summed E-state index contributed by atoms with van der Waals surface area (Å²) >= 11 is 0. The van der Waals surface area contributed by atoms with Gasteiger partial charge in [0.2, 0.25) is 0 Å². The van der Waals surface area contributed by atoms with E-state index in [0.717, 1.165) is 51.4 Å². The molecule has 160 valence electrons. The van der Waals surface area contributed by atoms with Gasteiger partial charge in [-0.15, -0.1) is 0 Å². The minimum absolute atomic E-state index is 0.0614. The van der Waals surface area contributed by atoms with Crippen LogP contribution in [0.3, 0.4) is 0 Å². The average molecular weight is 405 g/mol. The van der Waals surface area contributed by atoms with Crippen LogP contribution in [-0.2, 0) is 16.0 Å². The summed E-state index contributed by atoms with van der Waals surface area (Å²) in [7, 11) is 0. The van der Waals surface area contributed by atoms with E-state index in [0.29, 0.717) is 29.3 Å². The number of Topliss-reactive ketones (excluding diaryl/α,β-unsaturated/α-hetero) is 1. The van der Waals surface area contributed by atoms with Crippen LogP contribution in [-0.4, -0.2) is 11.6 Å². The minimum atomic E-state index is -0.0614. The molecule has 1 aromatic carbocycles. The second-order valence-electron chi connectivity index (χ2n) is 11.2. The van der Waals surface area contributed by atoms with Gasteiger partial charge in [0.25, 0.3) is 0 Å². The van der Waals surface area contributed by atoms with Crippen molar-refractivity contribution in [1.82, 2.24) is 0 Å². The van der Waals surface area contributed by atoms with Gasteiger partial charge >= 0.3 is 0 Å². The normalized spacial score (nSPS) is 40.4. The molecule has 1 aromatic rings. The summed E-state index contributed by atoms with van der Waals surface area (Å²) in [5.41, 5.74) is 4.15. The average Bonchev–Trinajstić information content (AvgIpc) is 3.03. The molecule has 3 saturated carbocycles. The Hall–Kier alpha value is -1.70. The molecule has 0 amide bonds. The number of carbonyl (C=O) groups is 2. The van der Waals surface area contributed by atoms with E-state index in [9.17, 15) is 9.59 Å². The summed E-state index contributed by atoms with van der Waals surface area (Å²) in [6, 6.07) is 8.76. The molecule has 0 N–H and O–H groups in total. The van der Waals surface area contributed by atoms with Gasteiger partial charge in [0, 0.05) is 17.8 Å². The van der Waals surface area contributed by atoms with Crippen LogP contribution in [0.1, 0.15) is 76.3 Å². The van der Waals surface area contributed by atoms with Crippen molar-refractivity contribution in [2.75, 3.05) is 0 Å². The maximum Gasteiger partial charge on any atom is 0.158 e. The lowest BCUT2D eigenvalue weighted by molar-refractivity contribution is -0.133. The van der Waals surface area contributed by atoms with Crippen molar-refractivity contribution in [1.29, 1.82) is 0 Å². The highest BCUT2D eigenvalue weighted by molar-refractivity contribution is 5.94. The Bertz CT molecular complexity index is 894. The standard InChI is InChI=1S/C28H36O2/c1-18-4-6-19(7-5-18)8-9-20-17-28(3)21(16-25(20)29)10-11-22-23-12-13-26(30)27(23,2)15-14-24(22)28/h4-7,16,20,22-24H,8-15,17H2,1-3H3/t20-,22+,23+,24+,27+,28+/m1/s1. The van der Waals surface area contributed by atoms with Crippen LogP contribution in [0.15, 0.2) is 35.9 Å². The summed E-state index contributed by atoms with van der Waals surface area (Å²) in [6.07, 6.45) is 11.4. The van der Waals surface area contributed by atoms with Crippen molar-refractivity contribution >= 4 is 11.6 Å². The monoisotopic (exact) mass is 404 g/mol. The van der Waals surface area contributed by atoms with Crippen molar-refractivity contribution in [2.24, 2.45) is 34.5 Å². The Morgan fingerprint density at radius 2 is 1.67 bits per heavy atom. The van der Waals surface area contributed by atoms with Gasteiger partial charge in [-0.25, -0.2) is 0 Å². The summed E-state index contributed by atoms with van der Waals surface area (Å²) in [4.78, 5) is 25.6. The quantitative estimate of drug-likeness (QED) is 0.596. The second-order valence-corrected chi connectivity index (χ2v) is 11.2. The first kappa shape index (κ1) is 20.2. The molecule has 4 aliphatic carbocycles. The molecular formula is C28H36O2. The van der Waals surface area contributed by atoms with Crippen molar-refractivity contribution in [3.05, 3.63) is 47.0 Å². The topological polar surface area (TPSA) is 34.1 Å². The van der Waals surface area contributed by atoms with Gasteiger partial charge in [0.05, 0.1) is 0 Å². The van der Waals surface area contributed by atoms with Crippen LogP contribution in [0.25, 0.3) is 0 Å². The van der Waals surface area contributed by atoms with E-state index in [-0.39, 0.29) is 16.7 Å². The van der Waals surface area contributed by atoms with Gasteiger partial charge < -0.3 is 0 Å². The van der Waals surface area contributed by atoms with Gasteiger partial charge in [-0.3, -0.25) is 9.59 Å². The smallest absolute Gasteiger partial charge is 0.158 e. The second kappa shape index (κ2) is 7.18. The first-order valence-corrected chi connectivity index (χ1v) is 12.1. The largest absolute Gasteiger partial charge is 0.299 e. The molecule has 0 saturated heterocycles. The van der Waals surface area contributed by atoms with Crippen LogP contribution in [0.5, 0.6) is 0 Å². The van der Waals surface area contributed by atoms with Gasteiger partial charge in [-0.2, -0.15) is 0 Å². The maximum atomic E-state index is 13.0. The van der Waals surface area contributed by atoms with Crippen LogP contribution < -0.4 is 0 Å². The minimum Gasteiger partial charge on any atom is -0.299 e. The highest BCUT2D eigenvalue weighted by atomic mass is 16.1. The molecule has 3 fully saturated rings. The first-order valence-electron chi connectivity index (χ1n) is 12.1. The molecule has 4 aliphatic rings. The van der Waals surface area contributed by atoms with Gasteiger partial charge in [0.15, 0.2) is 5.78 Å². The lowest BCUT2D eigenvalue weighted by Gasteiger charge is -2.57. The molecule has 0 unspecified atom stereocenters. The van der Waals surface area contributed by atoms with E-state index in [2.05, 4.69) is 45.0 Å². The lowest BCUT2D eigenvalue weighted by Crippen LogP contribution is -2.51. The summed E-state index contributed by atoms with van der Waals surface area (Å²) in [5.74, 6) is 2.93. The molecular weight excluding hydrogens is 368 g/mol. The molecule has 0 spiro atoms. The number of allylic oxidation sites excluding steroid dienone is 1. The van der Waals surface area contributed by atoms with Gasteiger partial charge in [-0.05, 0) is 93.1 Å². The van der Waals surface area contributed by atoms with Crippen molar-refractivity contribution in [3.8, 4) is 0 Å². The number of carbonyl (C=O) groups excluding carboxylic acids is 2. The molecule has 0 aliphatic heterocycles. The third-order valence-electron chi connectivity index (χ3n) is 9.74. The number of benzene rings is 1. The fraction of sp³-hybridized carbons (Fsp3) is 0.643. The molecule has 0 aromatic heterocycles. The summed E-state index contributed by atoms with van der Waals surface area (Å²) < 4.78 is 0. The molecule has 0 radical (unpaired) electrons. The molecule has 5 rings (SSSR count). The summed E-state index contributed by atoms with van der Waals surface area (Å²) in [5, 5.41) is 0. The zero-order chi connectivity index (χ0) is 21.1. The van der Waals surface area contributed by atoms with Crippen molar-refractivity contribution in [2.45, 2.75) is 78.6 Å². The predicted molar refractivity (Wildman–Crippen MR) is 120 cm³/mol. The van der Waals surface area contributed by atoms with Gasteiger partial charge in [-0.1, -0.05) is 49.2 Å². The van der Waals surface area contributed by atoms with Crippen molar-refractivity contribution < 1.29 is 9.59 Å². The number of hydrogen-bond donors (Lipinski definition) is 0. The Morgan fingerprint density at radius 3 is 2.43 bits per heavy atom. The Labute approximate surface area is 181 Å². The molecule has 0 heterocycles. The highest BCUT2D eigenvalue weighted by Crippen LogP contribution is 2.64. The SMILES string of the molecule is Cc1ccc(CC[C@@H]2C[C@@]3(C)C(=CC2=O)CC[C@@H]2[C@@H]3CC[C@]3(C)C(=O)CC[C@@H]23)cc1. The summed E-state index contributed by atoms with van der Waals surface area (Å²) in [6.45, 7) is 6.83. The number of hydrogen-bond acceptors (Lipinski definition) is 2. The number of aryl methyl sites for hydroxylation is 2. The van der Waals surface area contributed by atoms with Crippen LogP contribution >= 0.6 is 0 Å². The first-order chi connectivity index (χ1) is 14.3. The molecule has 6 atom stereocenters. The Kier molecular flexibility index (Phi) is 4.84. The molecule has 0 bridgehead atoms. The van der Waals surface area contributed by atoms with Gasteiger partial charge in [0.1, 0.15) is 5.78 Å². The zero-order valence-corrected chi connectivity index (χ0v) is 18.9. The Morgan fingerprint density at radius 1 is 0.933 bits per heavy atom. The van der Waals surface area contributed by atoms with E-state index in [1.807, 2.05) is 6.08 Å².